The number of aromatic nitrogens is 2. The van der Waals surface area contributed by atoms with E-state index in [1.165, 1.54) is 22.8 Å². The van der Waals surface area contributed by atoms with E-state index in [1.807, 2.05) is 0 Å². The Hall–Kier alpha value is -3.28. The lowest BCUT2D eigenvalue weighted by molar-refractivity contribution is 0.235. The van der Waals surface area contributed by atoms with Crippen LogP contribution in [0.15, 0.2) is 54.9 Å². The van der Waals surface area contributed by atoms with Crippen molar-refractivity contribution < 1.29 is 17.6 Å². The molecule has 1 aromatic heterocycles. The third-order valence-electron chi connectivity index (χ3n) is 5.78. The summed E-state index contributed by atoms with van der Waals surface area (Å²) in [7, 11) is -3.62. The lowest BCUT2D eigenvalue weighted by atomic mass is 9.98. The van der Waals surface area contributed by atoms with Crippen LogP contribution in [0.4, 0.5) is 15.0 Å². The van der Waals surface area contributed by atoms with Gasteiger partial charge in [0.25, 0.3) is 0 Å². The number of carbonyl (C=O) groups excluding carboxylic acids is 1. The predicted octanol–water partition coefficient (Wildman–Crippen LogP) is 2.92. The summed E-state index contributed by atoms with van der Waals surface area (Å²) in [6, 6.07) is 11.0. The number of primary amides is 1. The van der Waals surface area contributed by atoms with Crippen molar-refractivity contribution in [3.05, 3.63) is 66.2 Å². The highest BCUT2D eigenvalue weighted by Gasteiger charge is 2.29. The summed E-state index contributed by atoms with van der Waals surface area (Å²) < 4.78 is 42.6. The molecule has 0 saturated carbocycles. The number of rotatable bonds is 6. The van der Waals surface area contributed by atoms with Crippen LogP contribution in [0, 0.1) is 5.82 Å². The minimum Gasteiger partial charge on any atom is -0.382 e. The van der Waals surface area contributed by atoms with Crippen LogP contribution in [0.1, 0.15) is 18.4 Å². The van der Waals surface area contributed by atoms with E-state index >= 15 is 0 Å². The van der Waals surface area contributed by atoms with E-state index in [0.717, 1.165) is 0 Å². The molecule has 1 saturated heterocycles. The molecule has 1 aliphatic rings. The number of nitrogens with two attached hydrogens (primary N) is 2. The quantitative estimate of drug-likeness (QED) is 0.455. The molecule has 9 nitrogen and oxygen atoms in total. The lowest BCUT2D eigenvalue weighted by Crippen LogP contribution is -2.48. The molecule has 1 fully saturated rings. The number of carbonyl (C=O) groups is 1. The molecular weight excluding hydrogens is 495 g/mol. The molecular formula is C23H26ClFN6O3S. The van der Waals surface area contributed by atoms with Gasteiger partial charge in [-0.3, -0.25) is 4.98 Å². The summed E-state index contributed by atoms with van der Waals surface area (Å²) in [6.45, 7) is 0.586. The molecule has 2 amide bonds. The largest absolute Gasteiger partial charge is 0.382 e. The highest BCUT2D eigenvalue weighted by atomic mass is 35.5. The van der Waals surface area contributed by atoms with Crippen molar-refractivity contribution in [1.29, 1.82) is 0 Å². The second kappa shape index (κ2) is 11.0. The maximum Gasteiger partial charge on any atom is 0.312 e. The first-order valence-corrected chi connectivity index (χ1v) is 12.3. The summed E-state index contributed by atoms with van der Waals surface area (Å²) in [5, 5.41) is 2.63. The van der Waals surface area contributed by atoms with Gasteiger partial charge >= 0.3 is 6.03 Å². The number of halogens is 2. The van der Waals surface area contributed by atoms with Crippen molar-refractivity contribution in [3.8, 4) is 22.4 Å². The Morgan fingerprint density at radius 3 is 2.43 bits per heavy atom. The second-order valence-corrected chi connectivity index (χ2v) is 10.1. The lowest BCUT2D eigenvalue weighted by Gasteiger charge is -2.31. The van der Waals surface area contributed by atoms with Crippen molar-refractivity contribution >= 4 is 34.3 Å². The van der Waals surface area contributed by atoms with Gasteiger partial charge in [0.05, 0.1) is 23.8 Å². The number of urea groups is 1. The van der Waals surface area contributed by atoms with Crippen LogP contribution in [0.5, 0.6) is 0 Å². The standard InChI is InChI=1S/C23H25FN6O3S.ClH/c24-20-11-15(5-6-19(20)21-12-28-22(25)13-27-21)18-4-2-1-3-16(18)14-34(32,33)30-9-7-17(8-10-30)29-23(26)31;/h1-6,11-13,17H,7-10,14H2,(H2,25,28)(H3,26,29,31);1H. The van der Waals surface area contributed by atoms with Crippen molar-refractivity contribution in [2.75, 3.05) is 18.8 Å². The van der Waals surface area contributed by atoms with Crippen LogP contribution in [0.25, 0.3) is 22.4 Å². The van der Waals surface area contributed by atoms with Gasteiger partial charge in [-0.15, -0.1) is 12.4 Å². The zero-order valence-electron chi connectivity index (χ0n) is 18.7. The number of sulfonamides is 1. The van der Waals surface area contributed by atoms with Crippen molar-refractivity contribution in [1.82, 2.24) is 19.6 Å². The van der Waals surface area contributed by atoms with Gasteiger partial charge in [0.15, 0.2) is 0 Å². The number of hydrogen-bond donors (Lipinski definition) is 3. The summed E-state index contributed by atoms with van der Waals surface area (Å²) in [6.07, 6.45) is 3.74. The first kappa shape index (κ1) is 26.3. The molecule has 0 aliphatic carbocycles. The SMILES string of the molecule is Cl.NC(=O)NC1CCN(S(=O)(=O)Cc2ccccc2-c2ccc(-c3cnc(N)cn3)c(F)c2)CC1. The van der Waals surface area contributed by atoms with E-state index in [4.69, 9.17) is 11.5 Å². The molecule has 0 atom stereocenters. The maximum absolute atomic E-state index is 14.9. The third kappa shape index (κ3) is 6.24. The smallest absolute Gasteiger partial charge is 0.312 e. The molecule has 0 unspecified atom stereocenters. The van der Waals surface area contributed by atoms with Crippen molar-refractivity contribution in [2.24, 2.45) is 5.73 Å². The van der Waals surface area contributed by atoms with E-state index in [-0.39, 0.29) is 35.6 Å². The van der Waals surface area contributed by atoms with Gasteiger partial charge in [-0.05, 0) is 41.7 Å². The Kier molecular flexibility index (Phi) is 8.26. The molecule has 3 aromatic rings. The van der Waals surface area contributed by atoms with Gasteiger partial charge < -0.3 is 16.8 Å². The zero-order valence-corrected chi connectivity index (χ0v) is 20.4. The van der Waals surface area contributed by atoms with E-state index in [0.29, 0.717) is 48.3 Å². The molecule has 0 bridgehead atoms. The van der Waals surface area contributed by atoms with E-state index in [1.54, 1.807) is 36.4 Å². The number of anilines is 1. The van der Waals surface area contributed by atoms with Gasteiger partial charge in [0.2, 0.25) is 10.0 Å². The third-order valence-corrected chi connectivity index (χ3v) is 7.60. The fraction of sp³-hybridized carbons (Fsp3) is 0.261. The summed E-state index contributed by atoms with van der Waals surface area (Å²) in [5.74, 6) is -0.480. The van der Waals surface area contributed by atoms with Crippen LogP contribution in [-0.2, 0) is 15.8 Å². The van der Waals surface area contributed by atoms with Crippen LogP contribution in [0.2, 0.25) is 0 Å². The minimum absolute atomic E-state index is 0. The second-order valence-electron chi connectivity index (χ2n) is 8.12. The number of benzene rings is 2. The van der Waals surface area contributed by atoms with Gasteiger partial charge in [0.1, 0.15) is 11.6 Å². The topological polar surface area (TPSA) is 144 Å². The average Bonchev–Trinajstić information content (AvgIpc) is 2.80. The Balaban J connectivity index is 0.00000342. The monoisotopic (exact) mass is 520 g/mol. The number of nitrogens with one attached hydrogen (secondary N) is 1. The number of hydrogen-bond acceptors (Lipinski definition) is 6. The summed E-state index contributed by atoms with van der Waals surface area (Å²) >= 11 is 0. The first-order valence-electron chi connectivity index (χ1n) is 10.7. The van der Waals surface area contributed by atoms with Crippen LogP contribution >= 0.6 is 12.4 Å². The number of piperidine rings is 1. The normalized spacial score (nSPS) is 14.8. The molecule has 5 N–H and O–H groups in total. The number of nitrogens with zero attached hydrogens (tertiary/aromatic N) is 3. The van der Waals surface area contributed by atoms with E-state index in [9.17, 15) is 17.6 Å². The summed E-state index contributed by atoms with van der Waals surface area (Å²) in [5.41, 5.74) is 13.1. The Morgan fingerprint density at radius 2 is 1.80 bits per heavy atom. The summed E-state index contributed by atoms with van der Waals surface area (Å²) in [4.78, 5) is 19.1. The van der Waals surface area contributed by atoms with Gasteiger partial charge in [-0.1, -0.05) is 30.3 Å². The zero-order chi connectivity index (χ0) is 24.3. The molecule has 4 rings (SSSR count). The average molecular weight is 521 g/mol. The molecule has 186 valence electrons. The van der Waals surface area contributed by atoms with E-state index in [2.05, 4.69) is 15.3 Å². The first-order chi connectivity index (χ1) is 16.2. The Morgan fingerprint density at radius 1 is 1.09 bits per heavy atom. The molecule has 12 heteroatoms. The highest BCUT2D eigenvalue weighted by molar-refractivity contribution is 7.88. The van der Waals surface area contributed by atoms with E-state index < -0.39 is 21.9 Å². The molecule has 0 radical (unpaired) electrons. The van der Waals surface area contributed by atoms with Crippen LogP contribution in [0.3, 0.4) is 0 Å². The van der Waals surface area contributed by atoms with Gasteiger partial charge in [-0.2, -0.15) is 0 Å². The molecule has 1 aliphatic heterocycles. The van der Waals surface area contributed by atoms with Crippen molar-refractivity contribution in [3.63, 3.8) is 0 Å². The minimum atomic E-state index is -3.62. The highest BCUT2D eigenvalue weighted by Crippen LogP contribution is 2.30. The molecule has 35 heavy (non-hydrogen) atoms. The molecule has 2 heterocycles. The Bertz CT molecular complexity index is 1300. The molecule has 0 spiro atoms. The van der Waals surface area contributed by atoms with Crippen LogP contribution < -0.4 is 16.8 Å². The number of nitrogen functional groups attached to an aromatic ring is 1. The van der Waals surface area contributed by atoms with Crippen LogP contribution in [-0.4, -0.2) is 47.9 Å². The molecule has 2 aromatic carbocycles. The fourth-order valence-electron chi connectivity index (χ4n) is 4.06. The van der Waals surface area contributed by atoms with Crippen molar-refractivity contribution in [2.45, 2.75) is 24.6 Å². The van der Waals surface area contributed by atoms with Gasteiger partial charge in [0, 0.05) is 24.7 Å². The Labute approximate surface area is 209 Å². The number of amides is 2. The fourth-order valence-corrected chi connectivity index (χ4v) is 5.66. The maximum atomic E-state index is 14.9. The van der Waals surface area contributed by atoms with Gasteiger partial charge in [-0.25, -0.2) is 26.9 Å². The predicted molar refractivity (Wildman–Crippen MR) is 134 cm³/mol.